The molecular formula is C18H22N2O3. The van der Waals surface area contributed by atoms with E-state index in [4.69, 9.17) is 4.74 Å². The van der Waals surface area contributed by atoms with Crippen molar-refractivity contribution in [2.24, 2.45) is 0 Å². The first-order chi connectivity index (χ1) is 11.1. The van der Waals surface area contributed by atoms with Gasteiger partial charge in [-0.15, -0.1) is 0 Å². The van der Waals surface area contributed by atoms with Gasteiger partial charge in [0, 0.05) is 18.0 Å². The number of aromatic nitrogens is 1. The van der Waals surface area contributed by atoms with Crippen LogP contribution >= 0.6 is 0 Å². The Hall–Kier alpha value is -2.14. The standard InChI is InChI=1S/C18H22N2O3/c1-12(21)10-14-7-5-9-20(14)18(22)16-11-13-6-3-4-8-15(13)17(19-16)23-2/h3-4,6,8,11-12,14,21H,5,7,9-10H2,1-2H3. The highest BCUT2D eigenvalue weighted by Gasteiger charge is 2.31. The van der Waals surface area contributed by atoms with Crippen molar-refractivity contribution in [1.82, 2.24) is 9.88 Å². The minimum Gasteiger partial charge on any atom is -0.481 e. The molecule has 1 saturated heterocycles. The predicted octanol–water partition coefficient (Wildman–Crippen LogP) is 2.62. The van der Waals surface area contributed by atoms with Crippen molar-refractivity contribution in [2.75, 3.05) is 13.7 Å². The number of nitrogens with zero attached hydrogens (tertiary/aromatic N) is 2. The fraction of sp³-hybridized carbons (Fsp3) is 0.444. The van der Waals surface area contributed by atoms with Gasteiger partial charge in [-0.05, 0) is 43.7 Å². The van der Waals surface area contributed by atoms with E-state index in [1.165, 1.54) is 0 Å². The Bertz CT molecular complexity index is 714. The minimum atomic E-state index is -0.410. The Morgan fingerprint density at radius 3 is 3.00 bits per heavy atom. The van der Waals surface area contributed by atoms with Gasteiger partial charge in [-0.3, -0.25) is 4.79 Å². The third-order valence-electron chi connectivity index (χ3n) is 4.37. The topological polar surface area (TPSA) is 62.7 Å². The summed E-state index contributed by atoms with van der Waals surface area (Å²) in [6.45, 7) is 2.48. The second-order valence-corrected chi connectivity index (χ2v) is 6.12. The summed E-state index contributed by atoms with van der Waals surface area (Å²) >= 11 is 0. The summed E-state index contributed by atoms with van der Waals surface area (Å²) in [5.74, 6) is 0.384. The zero-order valence-corrected chi connectivity index (χ0v) is 13.5. The minimum absolute atomic E-state index is 0.0850. The van der Waals surface area contributed by atoms with Crippen LogP contribution in [0.1, 0.15) is 36.7 Å². The molecule has 1 aromatic heterocycles. The molecule has 3 rings (SSSR count). The number of fused-ring (bicyclic) bond motifs is 1. The Morgan fingerprint density at radius 1 is 1.48 bits per heavy atom. The number of aliphatic hydroxyl groups is 1. The second kappa shape index (κ2) is 6.54. The average Bonchev–Trinajstić information content (AvgIpc) is 3.00. The van der Waals surface area contributed by atoms with Gasteiger partial charge in [0.15, 0.2) is 0 Å². The van der Waals surface area contributed by atoms with Gasteiger partial charge in [0.1, 0.15) is 5.69 Å². The van der Waals surface area contributed by atoms with E-state index >= 15 is 0 Å². The van der Waals surface area contributed by atoms with Gasteiger partial charge >= 0.3 is 0 Å². The van der Waals surface area contributed by atoms with Gasteiger partial charge in [0.2, 0.25) is 5.88 Å². The molecule has 1 N–H and O–H groups in total. The van der Waals surface area contributed by atoms with Crippen LogP contribution in [0.3, 0.4) is 0 Å². The highest BCUT2D eigenvalue weighted by atomic mass is 16.5. The van der Waals surface area contributed by atoms with E-state index in [9.17, 15) is 9.90 Å². The number of carbonyl (C=O) groups is 1. The van der Waals surface area contributed by atoms with E-state index in [1.807, 2.05) is 35.2 Å². The van der Waals surface area contributed by atoms with Crippen LogP contribution in [0, 0.1) is 0 Å². The molecule has 23 heavy (non-hydrogen) atoms. The molecule has 2 aromatic rings. The normalized spacial score (nSPS) is 19.1. The van der Waals surface area contributed by atoms with Crippen LogP contribution in [0.25, 0.3) is 10.8 Å². The molecule has 2 atom stereocenters. The number of rotatable bonds is 4. The Labute approximate surface area is 135 Å². The highest BCUT2D eigenvalue weighted by molar-refractivity contribution is 5.98. The van der Waals surface area contributed by atoms with Crippen LogP contribution in [0.5, 0.6) is 5.88 Å². The van der Waals surface area contributed by atoms with Crippen LogP contribution in [0.4, 0.5) is 0 Å². The first-order valence-electron chi connectivity index (χ1n) is 8.03. The van der Waals surface area contributed by atoms with Crippen molar-refractivity contribution in [3.8, 4) is 5.88 Å². The molecule has 5 nitrogen and oxygen atoms in total. The molecule has 0 bridgehead atoms. The maximum Gasteiger partial charge on any atom is 0.272 e. The maximum atomic E-state index is 12.9. The number of likely N-dealkylation sites (tertiary alicyclic amines) is 1. The van der Waals surface area contributed by atoms with Crippen LogP contribution in [-0.4, -0.2) is 46.7 Å². The fourth-order valence-corrected chi connectivity index (χ4v) is 3.32. The van der Waals surface area contributed by atoms with E-state index in [2.05, 4.69) is 4.98 Å². The van der Waals surface area contributed by atoms with Crippen LogP contribution in [0.2, 0.25) is 0 Å². The number of ether oxygens (including phenoxy) is 1. The lowest BCUT2D eigenvalue weighted by atomic mass is 10.1. The number of aliphatic hydroxyl groups excluding tert-OH is 1. The number of amides is 1. The Kier molecular flexibility index (Phi) is 4.48. The second-order valence-electron chi connectivity index (χ2n) is 6.12. The molecule has 0 aliphatic carbocycles. The van der Waals surface area contributed by atoms with E-state index in [1.54, 1.807) is 14.0 Å². The third kappa shape index (κ3) is 3.15. The number of hydrogen-bond acceptors (Lipinski definition) is 4. The lowest BCUT2D eigenvalue weighted by Crippen LogP contribution is -2.37. The first kappa shape index (κ1) is 15.7. The summed E-state index contributed by atoms with van der Waals surface area (Å²) in [5.41, 5.74) is 0.401. The molecule has 1 aromatic carbocycles. The first-order valence-corrected chi connectivity index (χ1v) is 8.03. The molecule has 0 radical (unpaired) electrons. The number of carbonyl (C=O) groups excluding carboxylic acids is 1. The number of hydrogen-bond donors (Lipinski definition) is 1. The van der Waals surface area contributed by atoms with Gasteiger partial charge in [0.05, 0.1) is 13.2 Å². The Balaban J connectivity index is 1.94. The largest absolute Gasteiger partial charge is 0.481 e. The fourth-order valence-electron chi connectivity index (χ4n) is 3.32. The van der Waals surface area contributed by atoms with Gasteiger partial charge in [-0.2, -0.15) is 0 Å². The van der Waals surface area contributed by atoms with Crippen molar-refractivity contribution in [2.45, 2.75) is 38.3 Å². The SMILES string of the molecule is COc1nc(C(=O)N2CCCC2CC(C)O)cc2ccccc12. The van der Waals surface area contributed by atoms with Crippen molar-refractivity contribution in [3.05, 3.63) is 36.0 Å². The van der Waals surface area contributed by atoms with Crippen LogP contribution < -0.4 is 4.74 Å². The average molecular weight is 314 g/mol. The molecule has 0 spiro atoms. The van der Waals surface area contributed by atoms with Gasteiger partial charge in [-0.25, -0.2) is 4.98 Å². The molecular weight excluding hydrogens is 292 g/mol. The molecule has 0 saturated carbocycles. The number of benzene rings is 1. The molecule has 5 heteroatoms. The third-order valence-corrected chi connectivity index (χ3v) is 4.37. The summed E-state index contributed by atoms with van der Waals surface area (Å²) in [5, 5.41) is 11.5. The number of methoxy groups -OCH3 is 1. The van der Waals surface area contributed by atoms with Gasteiger partial charge < -0.3 is 14.7 Å². The van der Waals surface area contributed by atoms with Gasteiger partial charge in [-0.1, -0.05) is 18.2 Å². The molecule has 2 heterocycles. The number of pyridine rings is 1. The van der Waals surface area contributed by atoms with Crippen molar-refractivity contribution >= 4 is 16.7 Å². The summed E-state index contributed by atoms with van der Waals surface area (Å²) in [7, 11) is 1.56. The van der Waals surface area contributed by atoms with Gasteiger partial charge in [0.25, 0.3) is 5.91 Å². The predicted molar refractivity (Wildman–Crippen MR) is 88.7 cm³/mol. The monoisotopic (exact) mass is 314 g/mol. The molecule has 122 valence electrons. The lowest BCUT2D eigenvalue weighted by molar-refractivity contribution is 0.0675. The molecule has 2 unspecified atom stereocenters. The van der Waals surface area contributed by atoms with Crippen molar-refractivity contribution < 1.29 is 14.6 Å². The zero-order chi connectivity index (χ0) is 16.4. The smallest absolute Gasteiger partial charge is 0.272 e. The van der Waals surface area contributed by atoms with E-state index in [-0.39, 0.29) is 11.9 Å². The van der Waals surface area contributed by atoms with Crippen LogP contribution in [0.15, 0.2) is 30.3 Å². The molecule has 1 amide bonds. The molecule has 1 aliphatic heterocycles. The summed E-state index contributed by atoms with van der Waals surface area (Å²) in [4.78, 5) is 19.1. The van der Waals surface area contributed by atoms with E-state index in [0.717, 1.165) is 23.6 Å². The highest BCUT2D eigenvalue weighted by Crippen LogP contribution is 2.27. The molecule has 1 aliphatic rings. The van der Waals surface area contributed by atoms with E-state index < -0.39 is 6.10 Å². The quantitative estimate of drug-likeness (QED) is 0.942. The Morgan fingerprint density at radius 2 is 2.26 bits per heavy atom. The van der Waals surface area contributed by atoms with E-state index in [0.29, 0.717) is 24.5 Å². The van der Waals surface area contributed by atoms with Crippen molar-refractivity contribution in [3.63, 3.8) is 0 Å². The molecule has 1 fully saturated rings. The lowest BCUT2D eigenvalue weighted by Gasteiger charge is -2.25. The maximum absolute atomic E-state index is 12.9. The zero-order valence-electron chi connectivity index (χ0n) is 13.5. The summed E-state index contributed by atoms with van der Waals surface area (Å²) in [6, 6.07) is 9.64. The van der Waals surface area contributed by atoms with Crippen LogP contribution in [-0.2, 0) is 0 Å². The summed E-state index contributed by atoms with van der Waals surface area (Å²) < 4.78 is 5.35. The van der Waals surface area contributed by atoms with Crippen molar-refractivity contribution in [1.29, 1.82) is 0 Å². The summed E-state index contributed by atoms with van der Waals surface area (Å²) in [6.07, 6.45) is 2.10.